The summed E-state index contributed by atoms with van der Waals surface area (Å²) in [6.07, 6.45) is 5.82. The summed E-state index contributed by atoms with van der Waals surface area (Å²) in [7, 11) is 0. The largest absolute Gasteiger partial charge is 0.384 e. The molecular formula is C14H22N4O. The molecule has 1 aromatic heterocycles. The lowest BCUT2D eigenvalue weighted by molar-refractivity contribution is -0.119. The maximum Gasteiger partial charge on any atom is 0.217 e. The number of carbonyl (C=O) groups is 1. The Bertz CT molecular complexity index is 435. The normalized spacial score (nSPS) is 18.4. The van der Waals surface area contributed by atoms with E-state index in [1.165, 1.54) is 0 Å². The topological polar surface area (TPSA) is 57.3 Å². The van der Waals surface area contributed by atoms with Gasteiger partial charge in [0.05, 0.1) is 23.8 Å². The summed E-state index contributed by atoms with van der Waals surface area (Å²) in [6.45, 7) is 6.49. The first-order chi connectivity index (χ1) is 9.19. The zero-order valence-electron chi connectivity index (χ0n) is 11.6. The van der Waals surface area contributed by atoms with Gasteiger partial charge >= 0.3 is 0 Å². The molecular weight excluding hydrogens is 240 g/mol. The van der Waals surface area contributed by atoms with E-state index >= 15 is 0 Å². The van der Waals surface area contributed by atoms with E-state index in [0.717, 1.165) is 43.9 Å². The highest BCUT2D eigenvalue weighted by Crippen LogP contribution is 2.22. The maximum atomic E-state index is 11.1. The van der Waals surface area contributed by atoms with Gasteiger partial charge in [0, 0.05) is 32.6 Å². The lowest BCUT2D eigenvalue weighted by Crippen LogP contribution is -2.35. The third kappa shape index (κ3) is 3.84. The van der Waals surface area contributed by atoms with Gasteiger partial charge in [-0.3, -0.25) is 9.78 Å². The third-order valence-electron chi connectivity index (χ3n) is 3.26. The molecule has 0 spiro atoms. The first-order valence-corrected chi connectivity index (χ1v) is 6.90. The van der Waals surface area contributed by atoms with Crippen molar-refractivity contribution in [2.45, 2.75) is 32.7 Å². The zero-order chi connectivity index (χ0) is 13.7. The molecule has 5 heteroatoms. The van der Waals surface area contributed by atoms with Crippen LogP contribution in [0.4, 0.5) is 11.4 Å². The Balaban J connectivity index is 1.96. The molecule has 19 heavy (non-hydrogen) atoms. The average Bonchev–Trinajstić information content (AvgIpc) is 2.84. The molecule has 5 nitrogen and oxygen atoms in total. The van der Waals surface area contributed by atoms with Crippen LogP contribution in [0.1, 0.15) is 26.7 Å². The SMILES string of the molecule is CCCNc1cncc(N2CCC(NC(C)=O)C2)c1. The van der Waals surface area contributed by atoms with Gasteiger partial charge in [-0.1, -0.05) is 6.92 Å². The smallest absolute Gasteiger partial charge is 0.217 e. The Kier molecular flexibility index (Phi) is 4.60. The Morgan fingerprint density at radius 1 is 1.53 bits per heavy atom. The van der Waals surface area contributed by atoms with Crippen LogP contribution in [0.15, 0.2) is 18.5 Å². The van der Waals surface area contributed by atoms with Crippen molar-refractivity contribution in [3.05, 3.63) is 18.5 Å². The van der Waals surface area contributed by atoms with Crippen LogP contribution in [0.25, 0.3) is 0 Å². The number of amides is 1. The van der Waals surface area contributed by atoms with E-state index in [2.05, 4.69) is 33.5 Å². The first kappa shape index (κ1) is 13.6. The van der Waals surface area contributed by atoms with Gasteiger partial charge < -0.3 is 15.5 Å². The molecule has 1 saturated heterocycles. The van der Waals surface area contributed by atoms with E-state index in [-0.39, 0.29) is 11.9 Å². The molecule has 0 saturated carbocycles. The van der Waals surface area contributed by atoms with E-state index in [4.69, 9.17) is 0 Å². The summed E-state index contributed by atoms with van der Waals surface area (Å²) in [6, 6.07) is 2.38. The van der Waals surface area contributed by atoms with Crippen molar-refractivity contribution in [3.63, 3.8) is 0 Å². The van der Waals surface area contributed by atoms with E-state index in [0.29, 0.717) is 0 Å². The van der Waals surface area contributed by atoms with Crippen molar-refractivity contribution in [2.24, 2.45) is 0 Å². The number of carbonyl (C=O) groups excluding carboxylic acids is 1. The minimum atomic E-state index is 0.0448. The minimum absolute atomic E-state index is 0.0448. The van der Waals surface area contributed by atoms with Crippen LogP contribution in [0, 0.1) is 0 Å². The first-order valence-electron chi connectivity index (χ1n) is 6.90. The van der Waals surface area contributed by atoms with Gasteiger partial charge in [0.2, 0.25) is 5.91 Å². The lowest BCUT2D eigenvalue weighted by atomic mass is 10.2. The average molecular weight is 262 g/mol. The molecule has 0 aliphatic carbocycles. The summed E-state index contributed by atoms with van der Waals surface area (Å²) in [4.78, 5) is 17.6. The maximum absolute atomic E-state index is 11.1. The fraction of sp³-hybridized carbons (Fsp3) is 0.571. The molecule has 0 bridgehead atoms. The Morgan fingerprint density at radius 2 is 2.37 bits per heavy atom. The fourth-order valence-electron chi connectivity index (χ4n) is 2.37. The van der Waals surface area contributed by atoms with Gasteiger partial charge in [0.1, 0.15) is 0 Å². The summed E-state index contributed by atoms with van der Waals surface area (Å²) in [5, 5.41) is 6.32. The molecule has 2 rings (SSSR count). The van der Waals surface area contributed by atoms with Gasteiger partial charge in [-0.2, -0.15) is 0 Å². The second kappa shape index (κ2) is 6.41. The molecule has 1 aromatic rings. The summed E-state index contributed by atoms with van der Waals surface area (Å²) in [5.41, 5.74) is 2.18. The molecule has 2 N–H and O–H groups in total. The van der Waals surface area contributed by atoms with Gasteiger partial charge in [-0.25, -0.2) is 0 Å². The second-order valence-electron chi connectivity index (χ2n) is 4.99. The van der Waals surface area contributed by atoms with Gasteiger partial charge in [0.25, 0.3) is 0 Å². The van der Waals surface area contributed by atoms with E-state index in [1.807, 2.05) is 12.4 Å². The Hall–Kier alpha value is -1.78. The van der Waals surface area contributed by atoms with Crippen molar-refractivity contribution in [2.75, 3.05) is 29.9 Å². The Morgan fingerprint density at radius 3 is 3.11 bits per heavy atom. The van der Waals surface area contributed by atoms with E-state index < -0.39 is 0 Å². The molecule has 0 radical (unpaired) electrons. The Labute approximate surface area is 114 Å². The predicted molar refractivity (Wildman–Crippen MR) is 77.5 cm³/mol. The molecule has 1 aliphatic rings. The molecule has 104 valence electrons. The number of nitrogens with zero attached hydrogens (tertiary/aromatic N) is 2. The van der Waals surface area contributed by atoms with Crippen LogP contribution in [0.5, 0.6) is 0 Å². The van der Waals surface area contributed by atoms with Crippen LogP contribution in [-0.4, -0.2) is 36.6 Å². The summed E-state index contributed by atoms with van der Waals surface area (Å²) >= 11 is 0. The number of rotatable bonds is 5. The van der Waals surface area contributed by atoms with Gasteiger partial charge in [-0.05, 0) is 18.9 Å². The molecule has 1 aliphatic heterocycles. The van der Waals surface area contributed by atoms with Crippen molar-refractivity contribution in [1.29, 1.82) is 0 Å². The second-order valence-corrected chi connectivity index (χ2v) is 4.99. The summed E-state index contributed by atoms with van der Waals surface area (Å²) in [5.74, 6) is 0.0448. The van der Waals surface area contributed by atoms with E-state index in [1.54, 1.807) is 6.92 Å². The summed E-state index contributed by atoms with van der Waals surface area (Å²) < 4.78 is 0. The quantitative estimate of drug-likeness (QED) is 0.846. The number of anilines is 2. The van der Waals surface area contributed by atoms with Crippen molar-refractivity contribution >= 4 is 17.3 Å². The molecule has 1 amide bonds. The van der Waals surface area contributed by atoms with Crippen LogP contribution in [0.2, 0.25) is 0 Å². The highest BCUT2D eigenvalue weighted by Gasteiger charge is 2.23. The van der Waals surface area contributed by atoms with Crippen molar-refractivity contribution < 1.29 is 4.79 Å². The van der Waals surface area contributed by atoms with Gasteiger partial charge in [0.15, 0.2) is 0 Å². The number of hydrogen-bond acceptors (Lipinski definition) is 4. The predicted octanol–water partition coefficient (Wildman–Crippen LogP) is 1.62. The molecule has 1 unspecified atom stereocenters. The zero-order valence-corrected chi connectivity index (χ0v) is 11.6. The number of nitrogens with one attached hydrogen (secondary N) is 2. The highest BCUT2D eigenvalue weighted by atomic mass is 16.1. The third-order valence-corrected chi connectivity index (χ3v) is 3.26. The van der Waals surface area contributed by atoms with Gasteiger partial charge in [-0.15, -0.1) is 0 Å². The minimum Gasteiger partial charge on any atom is -0.384 e. The monoisotopic (exact) mass is 262 g/mol. The van der Waals surface area contributed by atoms with Crippen LogP contribution in [0.3, 0.4) is 0 Å². The number of aromatic nitrogens is 1. The van der Waals surface area contributed by atoms with E-state index in [9.17, 15) is 4.79 Å². The molecule has 1 fully saturated rings. The number of pyridine rings is 1. The molecule has 2 heterocycles. The van der Waals surface area contributed by atoms with Crippen LogP contribution < -0.4 is 15.5 Å². The molecule has 1 atom stereocenters. The standard InChI is InChI=1S/C14H22N4O/c1-3-5-16-13-7-14(9-15-8-13)18-6-4-12(10-18)17-11(2)19/h7-9,12,16H,3-6,10H2,1-2H3,(H,17,19). The lowest BCUT2D eigenvalue weighted by Gasteiger charge is -2.19. The van der Waals surface area contributed by atoms with Crippen molar-refractivity contribution in [3.8, 4) is 0 Å². The number of hydrogen-bond donors (Lipinski definition) is 2. The highest BCUT2D eigenvalue weighted by molar-refractivity contribution is 5.73. The van der Waals surface area contributed by atoms with Crippen LogP contribution >= 0.6 is 0 Å². The fourth-order valence-corrected chi connectivity index (χ4v) is 2.37. The van der Waals surface area contributed by atoms with Crippen LogP contribution in [-0.2, 0) is 4.79 Å². The molecule has 0 aromatic carbocycles. The van der Waals surface area contributed by atoms with Crippen molar-refractivity contribution in [1.82, 2.24) is 10.3 Å².